The molecule has 0 radical (unpaired) electrons. The number of hydrogen-bond donors (Lipinski definition) is 1. The number of benzene rings is 2. The summed E-state index contributed by atoms with van der Waals surface area (Å²) in [6, 6.07) is 21.1. The van der Waals surface area contributed by atoms with Gasteiger partial charge in [-0.05, 0) is 80.9 Å². The molecule has 3 aliphatic rings. The predicted molar refractivity (Wildman–Crippen MR) is 161 cm³/mol. The van der Waals surface area contributed by atoms with E-state index >= 15 is 0 Å². The minimum Gasteiger partial charge on any atom is -0.446 e. The number of hydrogen-bond acceptors (Lipinski definition) is 7. The number of carbonyl (C=O) groups is 1. The van der Waals surface area contributed by atoms with Gasteiger partial charge in [0.2, 0.25) is 0 Å². The molecule has 1 aromatic heterocycles. The van der Waals surface area contributed by atoms with Crippen molar-refractivity contribution < 1.29 is 9.53 Å². The number of alkyl carbamates (subject to hydrolysis) is 1. The number of likely N-dealkylation sites (tertiary alicyclic amines) is 1. The first kappa shape index (κ1) is 28.2. The second-order valence-electron chi connectivity index (χ2n) is 12.3. The first-order chi connectivity index (χ1) is 20.6. The maximum atomic E-state index is 12.4. The number of aromatic nitrogens is 3. The van der Waals surface area contributed by atoms with E-state index in [-0.39, 0.29) is 23.5 Å². The van der Waals surface area contributed by atoms with Crippen molar-refractivity contribution >= 4 is 11.8 Å². The number of rotatable bonds is 9. The molecule has 3 atom stereocenters. The molecule has 1 aliphatic carbocycles. The molecule has 1 N–H and O–H groups in total. The standard InChI is InChI=1S/C33H41N7O2/c1-35-32(41)42-31-9-5-8-30(31)33(22-39-23-36-37-24-39,27-6-3-2-4-7-27)28-14-16-38(17-15-28)19-26-20-40(21-26)29-12-10-25(18-34)11-13-29/h2-4,6-7,10-13,23-24,26,28,30-31H,5,8-9,14-17,19-22H2,1H3,(H,35,41)/t30-,31-,33?/m0/s1. The summed E-state index contributed by atoms with van der Waals surface area (Å²) in [5.41, 5.74) is 3.04. The molecule has 0 bridgehead atoms. The van der Waals surface area contributed by atoms with Crippen LogP contribution in [0.2, 0.25) is 0 Å². The van der Waals surface area contributed by atoms with E-state index in [9.17, 15) is 4.79 Å². The Morgan fingerprint density at radius 1 is 1.02 bits per heavy atom. The van der Waals surface area contributed by atoms with Crippen LogP contribution in [0.1, 0.15) is 43.2 Å². The van der Waals surface area contributed by atoms with E-state index in [1.165, 1.54) is 11.3 Å². The molecule has 3 fully saturated rings. The lowest BCUT2D eigenvalue weighted by Crippen LogP contribution is -2.55. The molecule has 1 saturated carbocycles. The minimum absolute atomic E-state index is 0.122. The maximum absolute atomic E-state index is 12.4. The highest BCUT2D eigenvalue weighted by Crippen LogP contribution is 2.52. The number of anilines is 1. The molecule has 9 nitrogen and oxygen atoms in total. The second kappa shape index (κ2) is 12.5. The zero-order valence-corrected chi connectivity index (χ0v) is 24.4. The molecular weight excluding hydrogens is 526 g/mol. The summed E-state index contributed by atoms with van der Waals surface area (Å²) in [7, 11) is 1.63. The molecule has 2 aromatic carbocycles. The van der Waals surface area contributed by atoms with Crippen LogP contribution in [0.25, 0.3) is 0 Å². The highest BCUT2D eigenvalue weighted by atomic mass is 16.6. The number of ether oxygens (including phenoxy) is 1. The number of carbonyl (C=O) groups excluding carboxylic acids is 1. The van der Waals surface area contributed by atoms with Gasteiger partial charge in [-0.15, -0.1) is 10.2 Å². The van der Waals surface area contributed by atoms with Crippen molar-refractivity contribution in [2.75, 3.05) is 44.7 Å². The Bertz CT molecular complexity index is 1340. The van der Waals surface area contributed by atoms with Gasteiger partial charge in [0, 0.05) is 56.2 Å². The average molecular weight is 568 g/mol. The Morgan fingerprint density at radius 3 is 2.40 bits per heavy atom. The molecule has 0 spiro atoms. The zero-order valence-electron chi connectivity index (χ0n) is 24.4. The summed E-state index contributed by atoms with van der Waals surface area (Å²) in [4.78, 5) is 17.5. The van der Waals surface area contributed by atoms with E-state index < -0.39 is 0 Å². The quantitative estimate of drug-likeness (QED) is 0.408. The van der Waals surface area contributed by atoms with Gasteiger partial charge in [0.15, 0.2) is 0 Å². The molecule has 6 rings (SSSR count). The Balaban J connectivity index is 1.18. The van der Waals surface area contributed by atoms with Gasteiger partial charge in [-0.1, -0.05) is 30.3 Å². The third kappa shape index (κ3) is 5.73. The van der Waals surface area contributed by atoms with Crippen LogP contribution >= 0.6 is 0 Å². The van der Waals surface area contributed by atoms with Gasteiger partial charge in [-0.25, -0.2) is 4.79 Å². The molecule has 1 unspecified atom stereocenters. The van der Waals surface area contributed by atoms with E-state index in [0.717, 1.165) is 71.4 Å². The Labute approximate surface area is 248 Å². The van der Waals surface area contributed by atoms with Crippen LogP contribution in [0.5, 0.6) is 0 Å². The molecule has 3 aromatic rings. The third-order valence-electron chi connectivity index (χ3n) is 9.95. The SMILES string of the molecule is CNC(=O)O[C@H]1CCC[C@@H]1C(Cn1cnnc1)(c1ccccc1)C1CCN(CC2CN(c3ccc(C#N)cc3)C2)CC1. The lowest BCUT2D eigenvalue weighted by atomic mass is 9.58. The highest BCUT2D eigenvalue weighted by molar-refractivity contribution is 5.67. The lowest BCUT2D eigenvalue weighted by molar-refractivity contribution is 0.00199. The normalized spacial score (nSPS) is 23.1. The van der Waals surface area contributed by atoms with Crippen molar-refractivity contribution in [3.8, 4) is 6.07 Å². The van der Waals surface area contributed by atoms with Gasteiger partial charge in [0.05, 0.1) is 11.6 Å². The molecule has 42 heavy (non-hydrogen) atoms. The summed E-state index contributed by atoms with van der Waals surface area (Å²) in [5, 5.41) is 20.0. The van der Waals surface area contributed by atoms with Crippen LogP contribution in [0.3, 0.4) is 0 Å². The predicted octanol–water partition coefficient (Wildman–Crippen LogP) is 4.46. The van der Waals surface area contributed by atoms with Crippen molar-refractivity contribution in [1.82, 2.24) is 25.0 Å². The first-order valence-electron chi connectivity index (χ1n) is 15.3. The smallest absolute Gasteiger partial charge is 0.407 e. The monoisotopic (exact) mass is 567 g/mol. The fraction of sp³-hybridized carbons (Fsp3) is 0.515. The summed E-state index contributed by atoms with van der Waals surface area (Å²) >= 11 is 0. The zero-order chi connectivity index (χ0) is 28.9. The number of piperidine rings is 1. The van der Waals surface area contributed by atoms with Gasteiger partial charge in [0.25, 0.3) is 0 Å². The molecule has 2 saturated heterocycles. The number of amides is 1. The summed E-state index contributed by atoms with van der Waals surface area (Å²) < 4.78 is 8.17. The van der Waals surface area contributed by atoms with E-state index in [1.54, 1.807) is 7.05 Å². The Morgan fingerprint density at radius 2 is 1.74 bits per heavy atom. The van der Waals surface area contributed by atoms with Gasteiger partial charge < -0.3 is 24.4 Å². The maximum Gasteiger partial charge on any atom is 0.407 e. The molecule has 3 heterocycles. The van der Waals surface area contributed by atoms with E-state index in [1.807, 2.05) is 24.8 Å². The summed E-state index contributed by atoms with van der Waals surface area (Å²) in [5.74, 6) is 1.31. The Hall–Kier alpha value is -3.90. The molecule has 9 heteroatoms. The van der Waals surface area contributed by atoms with Gasteiger partial charge in [-0.3, -0.25) is 0 Å². The molecular formula is C33H41N7O2. The minimum atomic E-state index is -0.344. The summed E-state index contributed by atoms with van der Waals surface area (Å²) in [6.07, 6.45) is 8.38. The topological polar surface area (TPSA) is 99.3 Å². The van der Waals surface area contributed by atoms with E-state index in [0.29, 0.717) is 17.4 Å². The number of nitrogens with zero attached hydrogens (tertiary/aromatic N) is 6. The molecule has 2 aliphatic heterocycles. The van der Waals surface area contributed by atoms with Crippen molar-refractivity contribution in [3.05, 3.63) is 78.4 Å². The van der Waals surface area contributed by atoms with Crippen molar-refractivity contribution in [3.63, 3.8) is 0 Å². The van der Waals surface area contributed by atoms with Gasteiger partial charge in [0.1, 0.15) is 18.8 Å². The fourth-order valence-corrected chi connectivity index (χ4v) is 7.94. The van der Waals surface area contributed by atoms with Crippen LogP contribution in [0.15, 0.2) is 67.3 Å². The average Bonchev–Trinajstić information content (AvgIpc) is 3.71. The second-order valence-corrected chi connectivity index (χ2v) is 12.3. The number of nitrogens with one attached hydrogen (secondary N) is 1. The lowest BCUT2D eigenvalue weighted by Gasteiger charge is -2.51. The fourth-order valence-electron chi connectivity index (χ4n) is 7.94. The largest absolute Gasteiger partial charge is 0.446 e. The Kier molecular flexibility index (Phi) is 8.43. The number of nitriles is 1. The van der Waals surface area contributed by atoms with Gasteiger partial charge >= 0.3 is 6.09 Å². The van der Waals surface area contributed by atoms with Gasteiger partial charge in [-0.2, -0.15) is 5.26 Å². The summed E-state index contributed by atoms with van der Waals surface area (Å²) in [6.45, 7) is 6.16. The van der Waals surface area contributed by atoms with Crippen LogP contribution in [-0.2, 0) is 16.7 Å². The molecule has 1 amide bonds. The highest BCUT2D eigenvalue weighted by Gasteiger charge is 2.53. The van der Waals surface area contributed by atoms with Crippen LogP contribution < -0.4 is 10.2 Å². The van der Waals surface area contributed by atoms with E-state index in [4.69, 9.17) is 10.00 Å². The van der Waals surface area contributed by atoms with Crippen molar-refractivity contribution in [2.24, 2.45) is 17.8 Å². The molecule has 220 valence electrons. The van der Waals surface area contributed by atoms with Crippen LogP contribution in [0.4, 0.5) is 10.5 Å². The van der Waals surface area contributed by atoms with Crippen LogP contribution in [0, 0.1) is 29.1 Å². The van der Waals surface area contributed by atoms with Crippen LogP contribution in [-0.4, -0.2) is 71.6 Å². The third-order valence-corrected chi connectivity index (χ3v) is 9.95. The first-order valence-corrected chi connectivity index (χ1v) is 15.3. The van der Waals surface area contributed by atoms with E-state index in [2.05, 4.69) is 78.4 Å². The van der Waals surface area contributed by atoms with Crippen molar-refractivity contribution in [2.45, 2.75) is 50.2 Å². The van der Waals surface area contributed by atoms with Crippen molar-refractivity contribution in [1.29, 1.82) is 5.26 Å².